The Morgan fingerprint density at radius 3 is 2.92 bits per heavy atom. The van der Waals surface area contributed by atoms with Gasteiger partial charge >= 0.3 is 0 Å². The predicted octanol–water partition coefficient (Wildman–Crippen LogP) is 2.42. The molecule has 13 heavy (non-hydrogen) atoms. The topological polar surface area (TPSA) is 52.0 Å². The van der Waals surface area contributed by atoms with E-state index in [2.05, 4.69) is 28.8 Å². The molecule has 4 heteroatoms. The van der Waals surface area contributed by atoms with Gasteiger partial charge in [0.15, 0.2) is 0 Å². The molecule has 74 valence electrons. The van der Waals surface area contributed by atoms with E-state index in [1.54, 1.807) is 0 Å². The minimum Gasteiger partial charge on any atom is -0.300 e. The van der Waals surface area contributed by atoms with Gasteiger partial charge in [0, 0.05) is 30.6 Å². The highest BCUT2D eigenvalue weighted by Gasteiger charge is 2.21. The van der Waals surface area contributed by atoms with Crippen LogP contribution in [0.5, 0.6) is 0 Å². The lowest BCUT2D eigenvalue weighted by Crippen LogP contribution is -2.42. The van der Waals surface area contributed by atoms with E-state index in [9.17, 15) is 0 Å². The highest BCUT2D eigenvalue weighted by atomic mass is 15.2. The van der Waals surface area contributed by atoms with Crippen LogP contribution in [0.15, 0.2) is 5.11 Å². The molecule has 4 nitrogen and oxygen atoms in total. The number of hydrogen-bond donors (Lipinski definition) is 0. The lowest BCUT2D eigenvalue weighted by molar-refractivity contribution is 0.129. The van der Waals surface area contributed by atoms with Gasteiger partial charge in [-0.3, -0.25) is 0 Å². The van der Waals surface area contributed by atoms with Crippen LogP contribution in [0.2, 0.25) is 0 Å². The summed E-state index contributed by atoms with van der Waals surface area (Å²) in [5.41, 5.74) is 8.15. The summed E-state index contributed by atoms with van der Waals surface area (Å²) in [6, 6.07) is 0.657. The largest absolute Gasteiger partial charge is 0.300 e. The molecule has 0 bridgehead atoms. The van der Waals surface area contributed by atoms with Crippen LogP contribution in [0.4, 0.5) is 0 Å². The van der Waals surface area contributed by atoms with Gasteiger partial charge < -0.3 is 4.90 Å². The third-order valence-electron chi connectivity index (χ3n) is 2.80. The summed E-state index contributed by atoms with van der Waals surface area (Å²) in [5, 5.41) is 3.56. The summed E-state index contributed by atoms with van der Waals surface area (Å²) in [7, 11) is 0. The van der Waals surface area contributed by atoms with Crippen LogP contribution in [0.25, 0.3) is 10.4 Å². The van der Waals surface area contributed by atoms with Crippen molar-refractivity contribution in [2.45, 2.75) is 32.7 Å². The van der Waals surface area contributed by atoms with Crippen molar-refractivity contribution in [2.75, 3.05) is 19.6 Å². The van der Waals surface area contributed by atoms with Crippen LogP contribution in [0, 0.1) is 5.92 Å². The van der Waals surface area contributed by atoms with Crippen LogP contribution in [0.1, 0.15) is 26.7 Å². The van der Waals surface area contributed by atoms with Gasteiger partial charge in [-0.1, -0.05) is 12.0 Å². The van der Waals surface area contributed by atoms with Gasteiger partial charge in [0.2, 0.25) is 0 Å². The number of piperidine rings is 1. The van der Waals surface area contributed by atoms with E-state index >= 15 is 0 Å². The van der Waals surface area contributed by atoms with Crippen LogP contribution in [0.3, 0.4) is 0 Å². The Hall–Kier alpha value is -0.730. The maximum absolute atomic E-state index is 8.15. The molecule has 1 rings (SSSR count). The SMILES string of the molecule is CC1CCC(C)N(CCN=[N+]=[N-])C1. The van der Waals surface area contributed by atoms with Crippen molar-refractivity contribution in [1.82, 2.24) is 4.90 Å². The minimum absolute atomic E-state index is 0.605. The number of hydrogen-bond acceptors (Lipinski definition) is 2. The zero-order chi connectivity index (χ0) is 9.68. The molecule has 1 aliphatic rings. The molecule has 0 radical (unpaired) electrons. The highest BCUT2D eigenvalue weighted by Crippen LogP contribution is 2.20. The Morgan fingerprint density at radius 1 is 1.46 bits per heavy atom. The molecule has 1 saturated heterocycles. The second-order valence-electron chi connectivity index (χ2n) is 3.98. The monoisotopic (exact) mass is 182 g/mol. The molecular formula is C9H18N4. The van der Waals surface area contributed by atoms with Crippen molar-refractivity contribution in [3.63, 3.8) is 0 Å². The molecule has 0 aromatic rings. The molecule has 2 unspecified atom stereocenters. The summed E-state index contributed by atoms with van der Waals surface area (Å²) in [6.45, 7) is 7.21. The van der Waals surface area contributed by atoms with E-state index in [1.807, 2.05) is 0 Å². The van der Waals surface area contributed by atoms with Gasteiger partial charge in [-0.05, 0) is 31.2 Å². The first-order chi connectivity index (χ1) is 6.24. The zero-order valence-electron chi connectivity index (χ0n) is 8.48. The highest BCUT2D eigenvalue weighted by molar-refractivity contribution is 4.77. The first kappa shape index (κ1) is 10.4. The van der Waals surface area contributed by atoms with Crippen LogP contribution in [-0.2, 0) is 0 Å². The van der Waals surface area contributed by atoms with E-state index < -0.39 is 0 Å². The lowest BCUT2D eigenvalue weighted by atomic mass is 9.95. The summed E-state index contributed by atoms with van der Waals surface area (Å²) in [5.74, 6) is 0.794. The molecule has 1 aliphatic heterocycles. The summed E-state index contributed by atoms with van der Waals surface area (Å²) >= 11 is 0. The molecular weight excluding hydrogens is 164 g/mol. The van der Waals surface area contributed by atoms with Crippen molar-refractivity contribution >= 4 is 0 Å². The number of rotatable bonds is 3. The van der Waals surface area contributed by atoms with Gasteiger partial charge in [0.1, 0.15) is 0 Å². The lowest BCUT2D eigenvalue weighted by Gasteiger charge is -2.36. The van der Waals surface area contributed by atoms with Crippen LogP contribution >= 0.6 is 0 Å². The second-order valence-corrected chi connectivity index (χ2v) is 3.98. The first-order valence-electron chi connectivity index (χ1n) is 4.99. The van der Waals surface area contributed by atoms with Gasteiger partial charge in [-0.15, -0.1) is 0 Å². The van der Waals surface area contributed by atoms with Crippen LogP contribution < -0.4 is 0 Å². The van der Waals surface area contributed by atoms with E-state index in [0.29, 0.717) is 12.6 Å². The first-order valence-corrected chi connectivity index (χ1v) is 4.99. The third kappa shape index (κ3) is 3.25. The van der Waals surface area contributed by atoms with Gasteiger partial charge in [0.25, 0.3) is 0 Å². The van der Waals surface area contributed by atoms with Crippen molar-refractivity contribution in [2.24, 2.45) is 11.0 Å². The van der Waals surface area contributed by atoms with E-state index in [4.69, 9.17) is 5.53 Å². The minimum atomic E-state index is 0.605. The molecule has 0 saturated carbocycles. The molecule has 0 aromatic carbocycles. The van der Waals surface area contributed by atoms with E-state index in [1.165, 1.54) is 12.8 Å². The summed E-state index contributed by atoms with van der Waals surface area (Å²) in [4.78, 5) is 5.18. The Bertz CT molecular complexity index is 198. The predicted molar refractivity (Wildman–Crippen MR) is 53.4 cm³/mol. The maximum Gasteiger partial charge on any atom is 0.0385 e. The molecule has 0 aliphatic carbocycles. The molecule has 0 amide bonds. The fourth-order valence-corrected chi connectivity index (χ4v) is 1.91. The number of azide groups is 1. The average Bonchev–Trinajstić information content (AvgIpc) is 2.11. The van der Waals surface area contributed by atoms with Crippen molar-refractivity contribution in [3.8, 4) is 0 Å². The molecule has 1 fully saturated rings. The Balaban J connectivity index is 2.32. The zero-order valence-corrected chi connectivity index (χ0v) is 8.48. The molecule has 0 spiro atoms. The summed E-state index contributed by atoms with van der Waals surface area (Å²) in [6.07, 6.45) is 2.61. The van der Waals surface area contributed by atoms with E-state index in [0.717, 1.165) is 19.0 Å². The third-order valence-corrected chi connectivity index (χ3v) is 2.80. The average molecular weight is 182 g/mol. The molecule has 2 atom stereocenters. The normalized spacial score (nSPS) is 29.7. The quantitative estimate of drug-likeness (QED) is 0.375. The molecule has 1 heterocycles. The van der Waals surface area contributed by atoms with Crippen molar-refractivity contribution in [3.05, 3.63) is 10.4 Å². The van der Waals surface area contributed by atoms with Crippen LogP contribution in [-0.4, -0.2) is 30.6 Å². The van der Waals surface area contributed by atoms with Gasteiger partial charge in [0.05, 0.1) is 0 Å². The summed E-state index contributed by atoms with van der Waals surface area (Å²) < 4.78 is 0. The Labute approximate surface area is 79.5 Å². The number of nitrogens with zero attached hydrogens (tertiary/aromatic N) is 4. The fourth-order valence-electron chi connectivity index (χ4n) is 1.91. The second kappa shape index (κ2) is 5.10. The maximum atomic E-state index is 8.15. The Morgan fingerprint density at radius 2 is 2.23 bits per heavy atom. The standard InChI is InChI=1S/C9H18N4/c1-8-3-4-9(2)13(7-8)6-5-11-12-10/h8-9H,3-7H2,1-2H3. The van der Waals surface area contributed by atoms with Crippen molar-refractivity contribution < 1.29 is 0 Å². The van der Waals surface area contributed by atoms with Gasteiger partial charge in [-0.2, -0.15) is 0 Å². The number of likely N-dealkylation sites (tertiary alicyclic amines) is 1. The van der Waals surface area contributed by atoms with Crippen molar-refractivity contribution in [1.29, 1.82) is 0 Å². The van der Waals surface area contributed by atoms with Gasteiger partial charge in [-0.25, -0.2) is 0 Å². The smallest absolute Gasteiger partial charge is 0.0385 e. The Kier molecular flexibility index (Phi) is 4.06. The molecule has 0 N–H and O–H groups in total. The van der Waals surface area contributed by atoms with E-state index in [-0.39, 0.29) is 0 Å². The fraction of sp³-hybridized carbons (Fsp3) is 1.00. The molecule has 0 aromatic heterocycles.